The molecule has 0 bridgehead atoms. The van der Waals surface area contributed by atoms with Crippen LogP contribution in [0, 0.1) is 12.8 Å². The normalized spacial score (nSPS) is 15.1. The Balaban J connectivity index is 1.49. The molecule has 0 spiro atoms. The van der Waals surface area contributed by atoms with Crippen LogP contribution in [0.3, 0.4) is 0 Å². The summed E-state index contributed by atoms with van der Waals surface area (Å²) in [6.45, 7) is 3.01. The third-order valence-electron chi connectivity index (χ3n) is 4.73. The number of ether oxygens (including phenoxy) is 1. The highest BCUT2D eigenvalue weighted by Gasteiger charge is 2.29. The second-order valence-corrected chi connectivity index (χ2v) is 6.84. The van der Waals surface area contributed by atoms with Crippen LogP contribution in [0.2, 0.25) is 5.02 Å². The second kappa shape index (κ2) is 7.86. The van der Waals surface area contributed by atoms with Crippen LogP contribution in [0.5, 0.6) is 0 Å². The van der Waals surface area contributed by atoms with Crippen molar-refractivity contribution in [2.75, 3.05) is 13.1 Å². The zero-order valence-electron chi connectivity index (χ0n) is 14.8. The lowest BCUT2D eigenvalue weighted by atomic mass is 9.96. The van der Waals surface area contributed by atoms with Crippen molar-refractivity contribution >= 4 is 23.5 Å². The number of hydrogen-bond acceptors (Lipinski definition) is 5. The SMILES string of the molecule is Cc1nnc(COC(=O)C2CCN(C(=O)c3ccc(Cl)cc3)CC2)n1C. The number of carbonyl (C=O) groups is 2. The highest BCUT2D eigenvalue weighted by molar-refractivity contribution is 6.30. The van der Waals surface area contributed by atoms with Gasteiger partial charge in [-0.15, -0.1) is 10.2 Å². The quantitative estimate of drug-likeness (QED) is 0.765. The summed E-state index contributed by atoms with van der Waals surface area (Å²) < 4.78 is 7.17. The van der Waals surface area contributed by atoms with Gasteiger partial charge in [0.15, 0.2) is 12.4 Å². The molecule has 2 heterocycles. The Morgan fingerprint density at radius 1 is 1.19 bits per heavy atom. The zero-order chi connectivity index (χ0) is 18.7. The lowest BCUT2D eigenvalue weighted by Gasteiger charge is -2.31. The molecule has 0 saturated carbocycles. The Labute approximate surface area is 156 Å². The van der Waals surface area contributed by atoms with Gasteiger partial charge in [-0.2, -0.15) is 0 Å². The molecule has 0 aliphatic carbocycles. The molecule has 0 N–H and O–H groups in total. The molecule has 7 nitrogen and oxygen atoms in total. The third-order valence-corrected chi connectivity index (χ3v) is 4.98. The van der Waals surface area contributed by atoms with Crippen LogP contribution in [0.15, 0.2) is 24.3 Å². The maximum atomic E-state index is 12.5. The van der Waals surface area contributed by atoms with Crippen LogP contribution in [-0.4, -0.2) is 44.6 Å². The van der Waals surface area contributed by atoms with Gasteiger partial charge in [-0.1, -0.05) is 11.6 Å². The van der Waals surface area contributed by atoms with Crippen molar-refractivity contribution in [2.24, 2.45) is 13.0 Å². The number of aromatic nitrogens is 3. The van der Waals surface area contributed by atoms with E-state index >= 15 is 0 Å². The van der Waals surface area contributed by atoms with E-state index < -0.39 is 0 Å². The number of benzene rings is 1. The summed E-state index contributed by atoms with van der Waals surface area (Å²) in [5.74, 6) is 0.905. The van der Waals surface area contributed by atoms with E-state index in [1.807, 2.05) is 14.0 Å². The molecule has 3 rings (SSSR count). The molecule has 1 amide bonds. The standard InChI is InChI=1S/C18H21ClN4O3/c1-12-20-21-16(22(12)2)11-26-18(25)14-7-9-23(10-8-14)17(24)13-3-5-15(19)6-4-13/h3-6,14H,7-11H2,1-2H3. The van der Waals surface area contributed by atoms with Crippen LogP contribution in [0.25, 0.3) is 0 Å². The van der Waals surface area contributed by atoms with E-state index in [9.17, 15) is 9.59 Å². The lowest BCUT2D eigenvalue weighted by molar-refractivity contribution is -0.151. The van der Waals surface area contributed by atoms with Crippen LogP contribution in [-0.2, 0) is 23.2 Å². The van der Waals surface area contributed by atoms with Gasteiger partial charge >= 0.3 is 5.97 Å². The molecule has 1 saturated heterocycles. The third kappa shape index (κ3) is 4.04. The molecule has 8 heteroatoms. The minimum Gasteiger partial charge on any atom is -0.457 e. The van der Waals surface area contributed by atoms with E-state index in [4.69, 9.17) is 16.3 Å². The van der Waals surface area contributed by atoms with E-state index in [-0.39, 0.29) is 24.4 Å². The fourth-order valence-electron chi connectivity index (χ4n) is 2.92. The van der Waals surface area contributed by atoms with Crippen LogP contribution in [0.1, 0.15) is 34.8 Å². The average Bonchev–Trinajstić information content (AvgIpc) is 2.98. The average molecular weight is 377 g/mol. The number of piperidine rings is 1. The van der Waals surface area contributed by atoms with E-state index in [2.05, 4.69) is 10.2 Å². The number of halogens is 1. The molecule has 2 aromatic rings. The first-order chi connectivity index (χ1) is 12.5. The second-order valence-electron chi connectivity index (χ2n) is 6.40. The first kappa shape index (κ1) is 18.4. The maximum Gasteiger partial charge on any atom is 0.309 e. The summed E-state index contributed by atoms with van der Waals surface area (Å²) in [6.07, 6.45) is 1.19. The maximum absolute atomic E-state index is 12.5. The Kier molecular flexibility index (Phi) is 5.56. The highest BCUT2D eigenvalue weighted by atomic mass is 35.5. The molecule has 1 aliphatic heterocycles. The lowest BCUT2D eigenvalue weighted by Crippen LogP contribution is -2.40. The van der Waals surface area contributed by atoms with Gasteiger partial charge in [-0.25, -0.2) is 0 Å². The highest BCUT2D eigenvalue weighted by Crippen LogP contribution is 2.21. The van der Waals surface area contributed by atoms with Crippen molar-refractivity contribution in [1.82, 2.24) is 19.7 Å². The fraction of sp³-hybridized carbons (Fsp3) is 0.444. The van der Waals surface area contributed by atoms with Gasteiger partial charge in [0, 0.05) is 30.7 Å². The Morgan fingerprint density at radius 2 is 1.85 bits per heavy atom. The van der Waals surface area contributed by atoms with Gasteiger partial charge in [-0.05, 0) is 44.0 Å². The molecule has 26 heavy (non-hydrogen) atoms. The molecular formula is C18H21ClN4O3. The number of rotatable bonds is 4. The summed E-state index contributed by atoms with van der Waals surface area (Å²) in [7, 11) is 1.83. The number of aryl methyl sites for hydroxylation is 1. The van der Waals surface area contributed by atoms with Crippen LogP contribution < -0.4 is 0 Å². The molecule has 0 unspecified atom stereocenters. The number of hydrogen-bond donors (Lipinski definition) is 0. The molecule has 1 aromatic heterocycles. The van der Waals surface area contributed by atoms with E-state index in [1.165, 1.54) is 0 Å². The van der Waals surface area contributed by atoms with Gasteiger partial charge in [-0.3, -0.25) is 9.59 Å². The summed E-state index contributed by atoms with van der Waals surface area (Å²) in [6, 6.07) is 6.84. The predicted molar refractivity (Wildman–Crippen MR) is 95.6 cm³/mol. The van der Waals surface area contributed by atoms with E-state index in [0.717, 1.165) is 5.82 Å². The van der Waals surface area contributed by atoms with Gasteiger partial charge in [0.1, 0.15) is 5.82 Å². The van der Waals surface area contributed by atoms with Crippen molar-refractivity contribution in [2.45, 2.75) is 26.4 Å². The number of amides is 1. The van der Waals surface area contributed by atoms with E-state index in [0.29, 0.717) is 42.3 Å². The van der Waals surface area contributed by atoms with Crippen molar-refractivity contribution in [3.05, 3.63) is 46.5 Å². The fourth-order valence-corrected chi connectivity index (χ4v) is 3.05. The van der Waals surface area contributed by atoms with Crippen molar-refractivity contribution in [1.29, 1.82) is 0 Å². The van der Waals surface area contributed by atoms with Crippen LogP contribution in [0.4, 0.5) is 0 Å². The predicted octanol–water partition coefficient (Wildman–Crippen LogP) is 2.37. The molecular weight excluding hydrogens is 356 g/mol. The van der Waals surface area contributed by atoms with Crippen molar-refractivity contribution < 1.29 is 14.3 Å². The van der Waals surface area contributed by atoms with Crippen LogP contribution >= 0.6 is 11.6 Å². The first-order valence-corrected chi connectivity index (χ1v) is 8.90. The number of likely N-dealkylation sites (tertiary alicyclic amines) is 1. The zero-order valence-corrected chi connectivity index (χ0v) is 15.6. The smallest absolute Gasteiger partial charge is 0.309 e. The van der Waals surface area contributed by atoms with Gasteiger partial charge in [0.2, 0.25) is 0 Å². The number of carbonyl (C=O) groups excluding carboxylic acids is 2. The van der Waals surface area contributed by atoms with Gasteiger partial charge < -0.3 is 14.2 Å². The molecule has 138 valence electrons. The number of esters is 1. The summed E-state index contributed by atoms with van der Waals surface area (Å²) in [5.41, 5.74) is 0.605. The molecule has 1 fully saturated rings. The van der Waals surface area contributed by atoms with E-state index in [1.54, 1.807) is 33.7 Å². The summed E-state index contributed by atoms with van der Waals surface area (Å²) in [5, 5.41) is 8.52. The Bertz CT molecular complexity index is 795. The van der Waals surface area contributed by atoms with Crippen molar-refractivity contribution in [3.63, 3.8) is 0 Å². The Morgan fingerprint density at radius 3 is 2.42 bits per heavy atom. The topological polar surface area (TPSA) is 77.3 Å². The Hall–Kier alpha value is -2.41. The monoisotopic (exact) mass is 376 g/mol. The van der Waals surface area contributed by atoms with Crippen molar-refractivity contribution in [3.8, 4) is 0 Å². The largest absolute Gasteiger partial charge is 0.457 e. The molecule has 0 atom stereocenters. The molecule has 1 aromatic carbocycles. The number of nitrogens with zero attached hydrogens (tertiary/aromatic N) is 4. The first-order valence-electron chi connectivity index (χ1n) is 8.52. The van der Waals surface area contributed by atoms with Gasteiger partial charge in [0.25, 0.3) is 5.91 Å². The summed E-state index contributed by atoms with van der Waals surface area (Å²) >= 11 is 5.85. The van der Waals surface area contributed by atoms with Gasteiger partial charge in [0.05, 0.1) is 5.92 Å². The minimum absolute atomic E-state index is 0.0388. The molecule has 1 aliphatic rings. The minimum atomic E-state index is -0.246. The molecule has 0 radical (unpaired) electrons. The summed E-state index contributed by atoms with van der Waals surface area (Å²) in [4.78, 5) is 26.5.